The van der Waals surface area contributed by atoms with Gasteiger partial charge in [-0.25, -0.2) is 8.42 Å². The summed E-state index contributed by atoms with van der Waals surface area (Å²) in [4.78, 5) is 21.5. The Hall–Kier alpha value is -4.00. The Morgan fingerprint density at radius 2 is 1.50 bits per heavy atom. The maximum atomic E-state index is 13.3. The number of methoxy groups -OCH3 is 3. The number of hydrogen-bond acceptors (Lipinski definition) is 10. The number of rotatable bonds is 8. The summed E-state index contributed by atoms with van der Waals surface area (Å²) in [5.74, 6) is 0.0834. The van der Waals surface area contributed by atoms with Crippen molar-refractivity contribution in [2.24, 2.45) is 11.8 Å². The molecule has 3 aliphatic rings. The summed E-state index contributed by atoms with van der Waals surface area (Å²) >= 11 is 0. The van der Waals surface area contributed by atoms with Crippen molar-refractivity contribution in [3.63, 3.8) is 0 Å². The van der Waals surface area contributed by atoms with Crippen molar-refractivity contribution >= 4 is 16.0 Å². The zero-order chi connectivity index (χ0) is 28.0. The predicted octanol–water partition coefficient (Wildman–Crippen LogP) is 3.33. The molecule has 0 aromatic heterocycles. The number of sulfonamides is 1. The van der Waals surface area contributed by atoms with Crippen LogP contribution < -0.4 is 28.6 Å². The summed E-state index contributed by atoms with van der Waals surface area (Å²) in [5.41, 5.74) is 2.05. The lowest BCUT2D eigenvalue weighted by Crippen LogP contribution is -2.39. The van der Waals surface area contributed by atoms with E-state index in [9.17, 15) is 13.2 Å². The van der Waals surface area contributed by atoms with E-state index < -0.39 is 39.9 Å². The number of fused-ring (bicyclic) bond motifs is 3. The zero-order valence-electron chi connectivity index (χ0n) is 21.9. The summed E-state index contributed by atoms with van der Waals surface area (Å²) in [5, 5.41) is 0. The smallest absolute Gasteiger partial charge is 0.310 e. The molecule has 3 aromatic rings. The highest BCUT2D eigenvalue weighted by Gasteiger charge is 2.53. The molecule has 1 saturated heterocycles. The molecule has 0 spiro atoms. The van der Waals surface area contributed by atoms with E-state index in [2.05, 4.69) is 4.89 Å². The third-order valence-corrected chi connectivity index (χ3v) is 8.71. The Kier molecular flexibility index (Phi) is 6.69. The monoisotopic (exact) mass is 569 g/mol. The molecule has 2 heterocycles. The van der Waals surface area contributed by atoms with Crippen molar-refractivity contribution in [1.29, 1.82) is 0 Å². The first kappa shape index (κ1) is 26.2. The van der Waals surface area contributed by atoms with E-state index in [4.69, 9.17) is 33.3 Å². The van der Waals surface area contributed by atoms with Crippen molar-refractivity contribution in [1.82, 2.24) is 4.89 Å². The van der Waals surface area contributed by atoms with Gasteiger partial charge in [-0.3, -0.25) is 9.63 Å². The van der Waals surface area contributed by atoms with Crippen molar-refractivity contribution in [3.05, 3.63) is 71.3 Å². The lowest BCUT2D eigenvalue weighted by Gasteiger charge is -2.38. The Morgan fingerprint density at radius 3 is 2.12 bits per heavy atom. The van der Waals surface area contributed by atoms with Gasteiger partial charge in [0.05, 0.1) is 38.7 Å². The van der Waals surface area contributed by atoms with Crippen LogP contribution in [0.4, 0.5) is 0 Å². The van der Waals surface area contributed by atoms with Gasteiger partial charge in [0.25, 0.3) is 10.0 Å². The van der Waals surface area contributed by atoms with Crippen LogP contribution in [-0.4, -0.2) is 49.1 Å². The minimum absolute atomic E-state index is 0.0358. The molecule has 0 saturated carbocycles. The highest BCUT2D eigenvalue weighted by Crippen LogP contribution is 2.56. The van der Waals surface area contributed by atoms with Crippen LogP contribution in [-0.2, 0) is 24.4 Å². The van der Waals surface area contributed by atoms with Gasteiger partial charge in [-0.05, 0) is 53.1 Å². The molecule has 11 nitrogen and oxygen atoms in total. The summed E-state index contributed by atoms with van der Waals surface area (Å²) in [7, 11) is 0.539. The lowest BCUT2D eigenvalue weighted by atomic mass is 9.66. The molecular formula is C28H27NO10S. The van der Waals surface area contributed by atoms with Gasteiger partial charge in [0, 0.05) is 11.8 Å². The van der Waals surface area contributed by atoms with Crippen LogP contribution in [0.2, 0.25) is 0 Å². The number of esters is 1. The van der Waals surface area contributed by atoms with Crippen molar-refractivity contribution in [2.75, 3.05) is 34.7 Å². The highest BCUT2D eigenvalue weighted by molar-refractivity contribution is 7.89. The molecule has 12 heteroatoms. The number of hydrogen-bond donors (Lipinski definition) is 1. The molecule has 0 radical (unpaired) electrons. The fraction of sp³-hybridized carbons (Fsp3) is 0.321. The van der Waals surface area contributed by atoms with Gasteiger partial charge in [0.15, 0.2) is 23.0 Å². The number of nitrogens with one attached hydrogen (secondary N) is 1. The average molecular weight is 570 g/mol. The first-order valence-corrected chi connectivity index (χ1v) is 14.0. The van der Waals surface area contributed by atoms with Gasteiger partial charge in [-0.2, -0.15) is 0 Å². The van der Waals surface area contributed by atoms with Crippen LogP contribution >= 0.6 is 0 Å². The standard InChI is InChI=1S/C28H27NO10S/c1-33-22-9-15(10-23(34-2)27(22)35-3)24-17-11-20-21(38-14-37-20)12-18(17)26(19-13-36-28(30)25(19)24)39-29-40(31,32)16-7-5-4-6-8-16/h4-12,19,24-26,29H,13-14H2,1-3H3/t19-,24+,25-,26-/m0/s1. The summed E-state index contributed by atoms with van der Waals surface area (Å²) in [6.07, 6.45) is -0.863. The maximum absolute atomic E-state index is 13.3. The first-order valence-electron chi connectivity index (χ1n) is 12.5. The third kappa shape index (κ3) is 4.28. The molecule has 3 aromatic carbocycles. The molecule has 0 unspecified atom stereocenters. The van der Waals surface area contributed by atoms with Gasteiger partial charge in [-0.15, -0.1) is 0 Å². The van der Waals surface area contributed by atoms with E-state index in [0.717, 1.165) is 0 Å². The quantitative estimate of drug-likeness (QED) is 0.319. The molecule has 0 bridgehead atoms. The van der Waals surface area contributed by atoms with Crippen LogP contribution in [0, 0.1) is 11.8 Å². The summed E-state index contributed by atoms with van der Waals surface area (Å²) in [6, 6.07) is 15.0. The normalized spacial score (nSPS) is 22.7. The fourth-order valence-corrected chi connectivity index (χ4v) is 6.55. The first-order chi connectivity index (χ1) is 19.4. The number of carbonyl (C=O) groups excluding carboxylic acids is 1. The van der Waals surface area contributed by atoms with E-state index in [0.29, 0.717) is 45.4 Å². The second kappa shape index (κ2) is 10.2. The molecule has 6 rings (SSSR count). The second-order valence-corrected chi connectivity index (χ2v) is 11.2. The van der Waals surface area contributed by atoms with Crippen molar-refractivity contribution < 1.29 is 46.5 Å². The van der Waals surface area contributed by atoms with Gasteiger partial charge in [-0.1, -0.05) is 23.1 Å². The number of cyclic esters (lactones) is 1. The Labute approximate surface area is 230 Å². The van der Waals surface area contributed by atoms with Gasteiger partial charge < -0.3 is 28.4 Å². The minimum Gasteiger partial charge on any atom is -0.493 e. The number of ether oxygens (including phenoxy) is 6. The average Bonchev–Trinajstić information content (AvgIpc) is 3.60. The van der Waals surface area contributed by atoms with Crippen LogP contribution in [0.15, 0.2) is 59.5 Å². The molecule has 1 N–H and O–H groups in total. The molecule has 4 atom stereocenters. The maximum Gasteiger partial charge on any atom is 0.310 e. The predicted molar refractivity (Wildman–Crippen MR) is 139 cm³/mol. The Balaban J connectivity index is 1.48. The SMILES string of the molecule is COc1cc([C@@H]2c3cc4c(cc3[C@H](ONS(=O)(=O)c3ccccc3)[C@H]3COC(=O)[C@H]23)OCO4)cc(OC)c1OC. The van der Waals surface area contributed by atoms with Gasteiger partial charge in [0.2, 0.25) is 12.5 Å². The molecule has 210 valence electrons. The number of benzene rings is 3. The molecular weight excluding hydrogens is 542 g/mol. The van der Waals surface area contributed by atoms with Crippen LogP contribution in [0.5, 0.6) is 28.7 Å². The topological polar surface area (TPSA) is 128 Å². The van der Waals surface area contributed by atoms with Crippen LogP contribution in [0.3, 0.4) is 0 Å². The molecule has 2 aliphatic heterocycles. The van der Waals surface area contributed by atoms with E-state index in [1.807, 2.05) is 0 Å². The second-order valence-electron chi connectivity index (χ2n) is 9.53. The van der Waals surface area contributed by atoms with E-state index in [-0.39, 0.29) is 18.3 Å². The molecule has 1 aliphatic carbocycles. The van der Waals surface area contributed by atoms with Crippen molar-refractivity contribution in [2.45, 2.75) is 16.9 Å². The Morgan fingerprint density at radius 1 is 0.850 bits per heavy atom. The number of carbonyl (C=O) groups is 1. The largest absolute Gasteiger partial charge is 0.493 e. The van der Waals surface area contributed by atoms with Crippen LogP contribution in [0.25, 0.3) is 0 Å². The molecule has 1 fully saturated rings. The van der Waals surface area contributed by atoms with E-state index >= 15 is 0 Å². The zero-order valence-corrected chi connectivity index (χ0v) is 22.7. The summed E-state index contributed by atoms with van der Waals surface area (Å²) in [6.45, 7) is 0.0736. The van der Waals surface area contributed by atoms with Gasteiger partial charge >= 0.3 is 5.97 Å². The van der Waals surface area contributed by atoms with Crippen molar-refractivity contribution in [3.8, 4) is 28.7 Å². The highest BCUT2D eigenvalue weighted by atomic mass is 32.2. The lowest BCUT2D eigenvalue weighted by molar-refractivity contribution is -0.141. The molecule has 40 heavy (non-hydrogen) atoms. The van der Waals surface area contributed by atoms with Gasteiger partial charge in [0.1, 0.15) is 6.10 Å². The minimum atomic E-state index is -4.01. The fourth-order valence-electron chi connectivity index (χ4n) is 5.71. The van der Waals surface area contributed by atoms with E-state index in [1.165, 1.54) is 33.5 Å². The van der Waals surface area contributed by atoms with Crippen LogP contribution in [0.1, 0.15) is 28.7 Å². The summed E-state index contributed by atoms with van der Waals surface area (Å²) < 4.78 is 59.5. The third-order valence-electron chi connectivity index (χ3n) is 7.50. The Bertz CT molecular complexity index is 1530. The molecule has 0 amide bonds. The van der Waals surface area contributed by atoms with E-state index in [1.54, 1.807) is 42.5 Å².